The summed E-state index contributed by atoms with van der Waals surface area (Å²) in [6.07, 6.45) is 1.23. The summed E-state index contributed by atoms with van der Waals surface area (Å²) >= 11 is 0. The van der Waals surface area contributed by atoms with Crippen molar-refractivity contribution in [2.75, 3.05) is 153 Å². The van der Waals surface area contributed by atoms with Gasteiger partial charge in [-0.15, -0.1) is 316 Å². The van der Waals surface area contributed by atoms with Crippen molar-refractivity contribution in [3.63, 3.8) is 0 Å². The van der Waals surface area contributed by atoms with Gasteiger partial charge in [-0.3, -0.25) is 47.1 Å². The Labute approximate surface area is 859 Å². The van der Waals surface area contributed by atoms with Crippen LogP contribution in [0.15, 0.2) is 353 Å². The van der Waals surface area contributed by atoms with Gasteiger partial charge < -0.3 is 81.3 Å². The van der Waals surface area contributed by atoms with Crippen molar-refractivity contribution in [1.82, 2.24) is 5.32 Å². The molecule has 0 aromatic rings. The van der Waals surface area contributed by atoms with E-state index in [1.54, 1.807) is 0 Å². The molecular weight excluding hydrogens is 2120 g/mol. The van der Waals surface area contributed by atoms with Crippen molar-refractivity contribution < 1.29 is 284 Å². The lowest BCUT2D eigenvalue weighted by molar-refractivity contribution is -0.782. The van der Waals surface area contributed by atoms with Gasteiger partial charge in [0.05, 0.1) is 125 Å². The number of hydrogen-bond donors (Lipinski definition) is 9. The minimum atomic E-state index is -5.48. The van der Waals surface area contributed by atoms with E-state index in [0.717, 1.165) is 6.66 Å². The second-order valence-corrected chi connectivity index (χ2v) is 24.4. The molecule has 67 heteroatoms. The van der Waals surface area contributed by atoms with Gasteiger partial charge in [-0.05, 0) is 79.0 Å². The van der Waals surface area contributed by atoms with Gasteiger partial charge in [0.15, 0.2) is 18.8 Å². The molecule has 0 amide bonds. The largest absolute Gasteiger partial charge is 0.531 e. The molecule has 0 fully saturated rings. The average Bonchev–Trinajstić information content (AvgIpc) is 0.881. The van der Waals surface area contributed by atoms with Crippen molar-refractivity contribution in [2.45, 2.75) is 12.5 Å². The highest BCUT2D eigenvalue weighted by Gasteiger charge is 2.33. The van der Waals surface area contributed by atoms with E-state index < -0.39 is 113 Å². The maximum Gasteiger partial charge on any atom is 0.531 e. The van der Waals surface area contributed by atoms with Crippen molar-refractivity contribution in [1.29, 1.82) is 0 Å². The van der Waals surface area contributed by atoms with E-state index in [0.29, 0.717) is 64.0 Å². The van der Waals surface area contributed by atoms with Gasteiger partial charge in [-0.1, -0.05) is 18.7 Å². The third kappa shape index (κ3) is 243. The number of phosphoric acid groups is 6. The third-order valence-electron chi connectivity index (χ3n) is 7.13. The lowest BCUT2D eigenvalue weighted by Crippen LogP contribution is -2.23. The molecule has 8 unspecified atom stereocenters. The van der Waals surface area contributed by atoms with Crippen molar-refractivity contribution in [2.24, 2.45) is 0 Å². The molecule has 0 aromatic carbocycles. The fourth-order valence-corrected chi connectivity index (χ4v) is 7.38. The number of aliphatic hydroxyl groups excluding tert-OH is 1. The Morgan fingerprint density at radius 1 is 0.233 bits per heavy atom. The SMILES string of the molecule is C=C.C=C.C=C.C=C.C=C.C=C.C=C.C=C.C=C.C=C.C=C.C=C.C=C.C=C.C=C.C=C.C=C.C=C.C=C.C=C.C=C.C=C.C=C.C=C.CNCOCCC(COP(=O)(O)OOOOOOOP(=O)(O)OOOOOOOP(=O)(O)OCCOCCOCCOCCOCCOCCO)OP(=O)(O)OCCOOOOO/C=C\OP(=O)(O)OCCOOOOO/C=C\OP(=O)(O)OCCOOOOO/C=C/OP(C)(=O)O. The molecule has 0 spiro atoms. The van der Waals surface area contributed by atoms with Crippen molar-refractivity contribution in [3.8, 4) is 0 Å². The van der Waals surface area contributed by atoms with Gasteiger partial charge in [0, 0.05) is 36.9 Å². The number of rotatable bonds is 77. The van der Waals surface area contributed by atoms with E-state index in [4.69, 9.17) is 42.9 Å². The van der Waals surface area contributed by atoms with Gasteiger partial charge >= 0.3 is 54.5 Å². The Kier molecular flexibility index (Phi) is 290. The maximum atomic E-state index is 12.5. The Bertz CT molecular complexity index is 2690. The molecule has 872 valence electrons. The van der Waals surface area contributed by atoms with Gasteiger partial charge in [0.25, 0.3) is 0 Å². The molecule has 146 heavy (non-hydrogen) atoms. The number of nitrogens with one attached hydrogen (secondary N) is 1. The molecule has 0 radical (unpaired) electrons. The molecule has 60 nitrogen and oxygen atoms in total. The highest BCUT2D eigenvalue weighted by Crippen LogP contribution is 2.49. The summed E-state index contributed by atoms with van der Waals surface area (Å²) in [6.45, 7) is 141. The summed E-state index contributed by atoms with van der Waals surface area (Å²) in [5.41, 5.74) is 0. The minimum Gasteiger partial charge on any atom is -0.429 e. The number of phosphoric ester groups is 5. The second kappa shape index (κ2) is 209. The van der Waals surface area contributed by atoms with E-state index >= 15 is 0 Å². The molecule has 0 aliphatic carbocycles. The van der Waals surface area contributed by atoms with E-state index in [-0.39, 0.29) is 66.0 Å². The van der Waals surface area contributed by atoms with Crippen LogP contribution in [-0.4, -0.2) is 198 Å². The average molecular weight is 2290 g/mol. The summed E-state index contributed by atoms with van der Waals surface area (Å²) < 4.78 is 169. The fourth-order valence-electron chi connectivity index (χ4n) is 3.88. The summed E-state index contributed by atoms with van der Waals surface area (Å²) in [7, 11) is -32.6. The second-order valence-electron chi connectivity index (χ2n) is 14.4. The zero-order valence-electron chi connectivity index (χ0n) is 83.6. The van der Waals surface area contributed by atoms with Gasteiger partial charge in [0.2, 0.25) is 0 Å². The van der Waals surface area contributed by atoms with Crippen molar-refractivity contribution in [3.05, 3.63) is 353 Å². The zero-order valence-corrected chi connectivity index (χ0v) is 89.8. The Morgan fingerprint density at radius 2 is 0.452 bits per heavy atom. The van der Waals surface area contributed by atoms with Crippen LogP contribution in [0.4, 0.5) is 0 Å². The third-order valence-corrected chi connectivity index (χ3v) is 12.5. The van der Waals surface area contributed by atoms with Crippen LogP contribution in [0.2, 0.25) is 0 Å². The Balaban J connectivity index is -0.000000115. The minimum absolute atomic E-state index is 0.0287. The van der Waals surface area contributed by atoms with Crippen LogP contribution < -0.4 is 5.32 Å². The van der Waals surface area contributed by atoms with E-state index in [2.05, 4.69) is 501 Å². The first kappa shape index (κ1) is 202. The lowest BCUT2D eigenvalue weighted by atomic mass is 10.3. The topological polar surface area (TPSA) is 699 Å². The molecule has 0 saturated heterocycles. The Hall–Kier alpha value is -8.49. The monoisotopic (exact) mass is 2290 g/mol. The highest BCUT2D eigenvalue weighted by molar-refractivity contribution is 7.52. The molecular formula is C79H162NO59P7. The number of hydrogen-bond acceptors (Lipinski definition) is 53. The van der Waals surface area contributed by atoms with E-state index in [1.165, 1.54) is 7.05 Å². The van der Waals surface area contributed by atoms with Gasteiger partial charge in [-0.25, -0.2) is 46.6 Å². The molecule has 0 aliphatic rings. The van der Waals surface area contributed by atoms with Crippen LogP contribution in [0.3, 0.4) is 0 Å². The molecule has 9 N–H and O–H groups in total. The van der Waals surface area contributed by atoms with E-state index in [1.807, 2.05) is 0 Å². The first-order valence-electron chi connectivity index (χ1n) is 36.9. The number of aliphatic hydroxyl groups is 1. The highest BCUT2D eigenvalue weighted by atomic mass is 31.2. The van der Waals surface area contributed by atoms with Crippen LogP contribution in [-0.2, 0) is 245 Å². The molecule has 8 atom stereocenters. The number of ether oxygens (including phenoxy) is 6. The van der Waals surface area contributed by atoms with E-state index in [9.17, 15) is 61.3 Å². The standard InChI is InChI=1S/C31H66NO59P7.24C2H4/c1-32-30-53-5-3-31(29-67-97(44,45)89-85-81-79-83-87-91-98(46,47)90-86-82-78-80-84-88-96(42,43)66-22-15-52-14-13-51-12-11-50-10-9-49-8-7-48-6-4-33)68-95(40,41)65-28-21-59-74-77-73-58-20-27-64-94(38,39)63-26-19-57-72-76-71-56-18-25-62-93(36,37)61-24-17-55-70-75-69-54-16-23-60-92(2,34)35;24*1-2/h16,18,20,23,25,27,31-33H,3-15,17,19,21-22,24,26,28-30H2,1-2H3,(H,34,35)(H,36,37)(H,38,39)(H,40,41)(H,42,43)(H,44,45)(H,46,47);24*1-2H2/b23-16+,25-18-,27-20-;;;;;;;;;;;;;;;;;;;;;;;;. The first-order valence-corrected chi connectivity index (χ1v) is 47.9. The molecule has 0 heterocycles. The first-order chi connectivity index (χ1) is 70.7. The van der Waals surface area contributed by atoms with Crippen molar-refractivity contribution >= 4 is 54.5 Å². The summed E-state index contributed by atoms with van der Waals surface area (Å²) in [6, 6.07) is 0. The fraction of sp³-hybridized carbons (Fsp3) is 0.316. The van der Waals surface area contributed by atoms with Gasteiger partial charge in [-0.2, -0.15) is 0 Å². The van der Waals surface area contributed by atoms with Crippen LogP contribution in [0.5, 0.6) is 0 Å². The smallest absolute Gasteiger partial charge is 0.429 e. The molecule has 0 aromatic heterocycles. The summed E-state index contributed by atoms with van der Waals surface area (Å²) in [5.74, 6) is 0. The Morgan fingerprint density at radius 3 is 0.719 bits per heavy atom. The van der Waals surface area contributed by atoms with Crippen LogP contribution in [0, 0.1) is 0 Å². The summed E-state index contributed by atoms with van der Waals surface area (Å²) in [5, 5.41) is 82.6. The zero-order chi connectivity index (χ0) is 121. The molecule has 0 bridgehead atoms. The van der Waals surface area contributed by atoms with Crippen LogP contribution >= 0.6 is 54.5 Å². The van der Waals surface area contributed by atoms with Gasteiger partial charge in [0.1, 0.15) is 38.6 Å². The molecule has 0 rings (SSSR count). The maximum absolute atomic E-state index is 12.5. The predicted molar refractivity (Wildman–Crippen MR) is 542 cm³/mol. The molecule has 0 aliphatic heterocycles. The molecule has 0 saturated carbocycles. The lowest BCUT2D eigenvalue weighted by Gasteiger charge is -2.21. The predicted octanol–water partition coefficient (Wildman–Crippen LogP) is 19.7. The normalized spacial score (nSPS) is 11.9. The van der Waals surface area contributed by atoms with Crippen LogP contribution in [0.25, 0.3) is 0 Å². The quantitative estimate of drug-likeness (QED) is 0.00519. The summed E-state index contributed by atoms with van der Waals surface area (Å²) in [4.78, 5) is 92.1. The van der Waals surface area contributed by atoms with Crippen LogP contribution in [0.1, 0.15) is 6.42 Å².